The molecule has 1 aromatic rings. The van der Waals surface area contributed by atoms with Crippen molar-refractivity contribution in [2.75, 3.05) is 5.75 Å². The van der Waals surface area contributed by atoms with Crippen molar-refractivity contribution in [1.29, 1.82) is 0 Å². The minimum atomic E-state index is 0.411. The van der Waals surface area contributed by atoms with Crippen molar-refractivity contribution in [3.05, 3.63) is 41.8 Å². The number of allylic oxidation sites excluding steroid dienone is 1. The number of hydrogen-bond acceptors (Lipinski definition) is 0. The fourth-order valence-corrected chi connectivity index (χ4v) is 3.28. The zero-order valence-electron chi connectivity index (χ0n) is 7.07. The lowest BCUT2D eigenvalue weighted by Gasteiger charge is -2.06. The Morgan fingerprint density at radius 3 is 2.58 bits per heavy atom. The summed E-state index contributed by atoms with van der Waals surface area (Å²) in [4.78, 5) is 1.49. The van der Waals surface area contributed by atoms with Crippen molar-refractivity contribution >= 4 is 10.9 Å². The summed E-state index contributed by atoms with van der Waals surface area (Å²) >= 11 is 0. The summed E-state index contributed by atoms with van der Waals surface area (Å²) in [6.07, 6.45) is 4.95. The molecule has 1 heteroatoms. The minimum Gasteiger partial charge on any atom is -0.0619 e. The molecule has 0 amide bonds. The van der Waals surface area contributed by atoms with Crippen molar-refractivity contribution in [1.82, 2.24) is 0 Å². The van der Waals surface area contributed by atoms with Gasteiger partial charge in [0, 0.05) is 0 Å². The van der Waals surface area contributed by atoms with Gasteiger partial charge in [-0.15, -0.1) is 0 Å². The monoisotopic (exact) mass is 177 g/mol. The predicted octanol–water partition coefficient (Wildman–Crippen LogP) is 2.97. The van der Waals surface area contributed by atoms with E-state index in [4.69, 9.17) is 0 Å². The van der Waals surface area contributed by atoms with Gasteiger partial charge in [0.05, 0.1) is 10.9 Å². The molecule has 1 heterocycles. The van der Waals surface area contributed by atoms with Crippen LogP contribution in [0.5, 0.6) is 0 Å². The van der Waals surface area contributed by atoms with Gasteiger partial charge >= 0.3 is 0 Å². The lowest BCUT2D eigenvalue weighted by atomic mass is 10.3. The van der Waals surface area contributed by atoms with Gasteiger partial charge < -0.3 is 0 Å². The van der Waals surface area contributed by atoms with Crippen molar-refractivity contribution in [3.63, 3.8) is 0 Å². The van der Waals surface area contributed by atoms with Gasteiger partial charge in [0.1, 0.15) is 11.2 Å². The van der Waals surface area contributed by atoms with Crippen molar-refractivity contribution < 1.29 is 0 Å². The molecule has 0 aromatic heterocycles. The maximum atomic E-state index is 2.37. The van der Waals surface area contributed by atoms with Gasteiger partial charge in [0.2, 0.25) is 0 Å². The first kappa shape index (κ1) is 7.93. The molecular formula is C11H13S+. The molecule has 0 nitrogen and oxygen atoms in total. The van der Waals surface area contributed by atoms with E-state index in [0.717, 1.165) is 0 Å². The van der Waals surface area contributed by atoms with E-state index in [1.807, 2.05) is 0 Å². The number of rotatable bonds is 1. The molecule has 0 saturated heterocycles. The fraction of sp³-hybridized carbons (Fsp3) is 0.273. The molecule has 1 aliphatic rings. The maximum absolute atomic E-state index is 2.37. The summed E-state index contributed by atoms with van der Waals surface area (Å²) in [5.41, 5.74) is 0. The highest BCUT2D eigenvalue weighted by molar-refractivity contribution is 7.99. The molecule has 1 aromatic carbocycles. The molecule has 0 bridgehead atoms. The highest BCUT2D eigenvalue weighted by atomic mass is 32.2. The highest BCUT2D eigenvalue weighted by Gasteiger charge is 2.19. The lowest BCUT2D eigenvalue weighted by molar-refractivity contribution is 0.958. The zero-order valence-corrected chi connectivity index (χ0v) is 7.89. The Morgan fingerprint density at radius 1 is 1.08 bits per heavy atom. The van der Waals surface area contributed by atoms with Crippen LogP contribution in [0.1, 0.15) is 12.8 Å². The summed E-state index contributed by atoms with van der Waals surface area (Å²) < 4.78 is 0. The van der Waals surface area contributed by atoms with Crippen LogP contribution >= 0.6 is 0 Å². The third-order valence-electron chi connectivity index (χ3n) is 2.04. The highest BCUT2D eigenvalue weighted by Crippen LogP contribution is 2.20. The average Bonchev–Trinajstić information content (AvgIpc) is 2.21. The molecule has 0 radical (unpaired) electrons. The Kier molecular flexibility index (Phi) is 2.52. The van der Waals surface area contributed by atoms with Crippen LogP contribution in [0.25, 0.3) is 0 Å². The molecule has 1 atom stereocenters. The van der Waals surface area contributed by atoms with Crippen LogP contribution in [0.4, 0.5) is 0 Å². The molecule has 0 spiro atoms. The number of hydrogen-bond donors (Lipinski definition) is 0. The van der Waals surface area contributed by atoms with Crippen LogP contribution in [-0.2, 0) is 10.9 Å². The van der Waals surface area contributed by atoms with Gasteiger partial charge in [-0.1, -0.05) is 18.2 Å². The smallest absolute Gasteiger partial charge is 0.0619 e. The maximum Gasteiger partial charge on any atom is 0.160 e. The molecule has 0 N–H and O–H groups in total. The molecular weight excluding hydrogens is 164 g/mol. The number of benzene rings is 1. The average molecular weight is 177 g/mol. The zero-order chi connectivity index (χ0) is 8.23. The van der Waals surface area contributed by atoms with E-state index in [1.165, 1.54) is 23.5 Å². The third kappa shape index (κ3) is 1.72. The Bertz CT molecular complexity index is 264. The van der Waals surface area contributed by atoms with Gasteiger partial charge in [-0.3, -0.25) is 0 Å². The fourth-order valence-electron chi connectivity index (χ4n) is 1.40. The van der Waals surface area contributed by atoms with E-state index in [1.54, 1.807) is 0 Å². The lowest BCUT2D eigenvalue weighted by Crippen LogP contribution is -2.07. The van der Waals surface area contributed by atoms with E-state index >= 15 is 0 Å². The summed E-state index contributed by atoms with van der Waals surface area (Å²) in [5, 5.41) is 2.37. The Hall–Kier alpha value is -0.690. The van der Waals surface area contributed by atoms with Gasteiger partial charge in [-0.2, -0.15) is 0 Å². The first-order chi connectivity index (χ1) is 5.97. The second kappa shape index (κ2) is 3.81. The van der Waals surface area contributed by atoms with Crippen LogP contribution in [0.2, 0.25) is 0 Å². The third-order valence-corrected chi connectivity index (χ3v) is 4.17. The van der Waals surface area contributed by atoms with Crippen molar-refractivity contribution in [2.24, 2.45) is 0 Å². The van der Waals surface area contributed by atoms with Gasteiger partial charge in [0.15, 0.2) is 4.90 Å². The van der Waals surface area contributed by atoms with E-state index in [9.17, 15) is 0 Å². The first-order valence-electron chi connectivity index (χ1n) is 4.38. The molecule has 0 saturated carbocycles. The van der Waals surface area contributed by atoms with Crippen LogP contribution in [0.15, 0.2) is 46.7 Å². The first-order valence-corrected chi connectivity index (χ1v) is 5.84. The molecule has 1 unspecified atom stereocenters. The van der Waals surface area contributed by atoms with E-state index in [-0.39, 0.29) is 0 Å². The summed E-state index contributed by atoms with van der Waals surface area (Å²) in [6.45, 7) is 0. The standard InChI is InChI=1S/C11H13S/c1-3-7-11(8-4-1)12-9-5-2-6-10-12/h1,3-5,7-9H,2,6,10H2/q+1. The van der Waals surface area contributed by atoms with Crippen LogP contribution in [0.3, 0.4) is 0 Å². The quantitative estimate of drug-likeness (QED) is 0.578. The van der Waals surface area contributed by atoms with E-state index in [2.05, 4.69) is 41.8 Å². The Labute approximate surface area is 76.7 Å². The molecule has 12 heavy (non-hydrogen) atoms. The molecule has 62 valence electrons. The molecule has 0 aliphatic carbocycles. The molecule has 2 rings (SSSR count). The predicted molar refractivity (Wildman–Crippen MR) is 55.3 cm³/mol. The van der Waals surface area contributed by atoms with Gasteiger partial charge in [0.25, 0.3) is 0 Å². The molecule has 1 aliphatic heterocycles. The minimum absolute atomic E-state index is 0.411. The SMILES string of the molecule is C1=C[S+](c2ccccc2)CCC1. The second-order valence-corrected chi connectivity index (χ2v) is 4.97. The van der Waals surface area contributed by atoms with Gasteiger partial charge in [-0.25, -0.2) is 0 Å². The van der Waals surface area contributed by atoms with Crippen LogP contribution < -0.4 is 0 Å². The van der Waals surface area contributed by atoms with Crippen molar-refractivity contribution in [3.8, 4) is 0 Å². The van der Waals surface area contributed by atoms with E-state index in [0.29, 0.717) is 10.9 Å². The largest absolute Gasteiger partial charge is 0.160 e. The second-order valence-electron chi connectivity index (χ2n) is 2.96. The Balaban J connectivity index is 2.19. The summed E-state index contributed by atoms with van der Waals surface area (Å²) in [7, 11) is 0.411. The topological polar surface area (TPSA) is 0 Å². The Morgan fingerprint density at radius 2 is 1.92 bits per heavy atom. The van der Waals surface area contributed by atoms with Crippen LogP contribution in [0, 0.1) is 0 Å². The summed E-state index contributed by atoms with van der Waals surface area (Å²) in [6, 6.07) is 10.8. The summed E-state index contributed by atoms with van der Waals surface area (Å²) in [5.74, 6) is 1.35. The molecule has 0 fully saturated rings. The van der Waals surface area contributed by atoms with Crippen molar-refractivity contribution in [2.45, 2.75) is 17.7 Å². The normalized spacial score (nSPS) is 22.5. The van der Waals surface area contributed by atoms with E-state index < -0.39 is 0 Å². The van der Waals surface area contributed by atoms with Gasteiger partial charge in [-0.05, 0) is 31.1 Å². The van der Waals surface area contributed by atoms with Crippen LogP contribution in [-0.4, -0.2) is 5.75 Å².